The van der Waals surface area contributed by atoms with Crippen molar-refractivity contribution in [2.75, 3.05) is 20.2 Å². The molecule has 3 aromatic rings. The zero-order chi connectivity index (χ0) is 23.2. The maximum Gasteiger partial charge on any atom is 0.246 e. The minimum Gasteiger partial charge on any atom is -0.497 e. The Bertz CT molecular complexity index is 1100. The lowest BCUT2D eigenvalue weighted by Crippen LogP contribution is -2.28. The highest BCUT2D eigenvalue weighted by molar-refractivity contribution is 5.91. The molecule has 1 aliphatic rings. The summed E-state index contributed by atoms with van der Waals surface area (Å²) in [4.78, 5) is 14.1. The number of nitrogens with zero attached hydrogens (tertiary/aromatic N) is 1. The molecule has 1 amide bonds. The number of carbonyl (C=O) groups excluding carboxylic acids is 1. The number of amides is 1. The van der Waals surface area contributed by atoms with Crippen molar-refractivity contribution < 1.29 is 9.53 Å². The van der Waals surface area contributed by atoms with Crippen molar-refractivity contribution >= 4 is 12.0 Å². The van der Waals surface area contributed by atoms with E-state index in [2.05, 4.69) is 72.8 Å². The Balaban J connectivity index is 1.66. The molecule has 0 saturated heterocycles. The van der Waals surface area contributed by atoms with Crippen LogP contribution in [-0.2, 0) is 11.2 Å². The topological polar surface area (TPSA) is 29.5 Å². The van der Waals surface area contributed by atoms with Crippen LogP contribution in [0, 0.1) is 0 Å². The second-order valence-electron chi connectivity index (χ2n) is 8.61. The quantitative estimate of drug-likeness (QED) is 0.397. The van der Waals surface area contributed by atoms with Gasteiger partial charge in [0, 0.05) is 25.1 Å². The van der Waals surface area contributed by atoms with E-state index in [1.165, 1.54) is 22.3 Å². The van der Waals surface area contributed by atoms with E-state index in [0.29, 0.717) is 5.92 Å². The second-order valence-corrected chi connectivity index (χ2v) is 8.61. The van der Waals surface area contributed by atoms with Gasteiger partial charge in [0.25, 0.3) is 0 Å². The zero-order valence-electron chi connectivity index (χ0n) is 19.8. The lowest BCUT2D eigenvalue weighted by atomic mass is 9.69. The molecule has 0 bridgehead atoms. The van der Waals surface area contributed by atoms with Crippen LogP contribution in [-0.4, -0.2) is 31.0 Å². The average Bonchev–Trinajstić information content (AvgIpc) is 2.88. The summed E-state index contributed by atoms with van der Waals surface area (Å²) in [5.74, 6) is 1.70. The number of fused-ring (bicyclic) bond motifs is 1. The van der Waals surface area contributed by atoms with Crippen LogP contribution in [0.3, 0.4) is 0 Å². The predicted octanol–water partition coefficient (Wildman–Crippen LogP) is 6.44. The molecule has 4 rings (SSSR count). The maximum atomic E-state index is 12.3. The Morgan fingerprint density at radius 3 is 2.36 bits per heavy atom. The molecule has 0 heterocycles. The smallest absolute Gasteiger partial charge is 0.246 e. The van der Waals surface area contributed by atoms with E-state index in [4.69, 9.17) is 4.74 Å². The van der Waals surface area contributed by atoms with E-state index < -0.39 is 0 Å². The maximum absolute atomic E-state index is 12.3. The van der Waals surface area contributed by atoms with Gasteiger partial charge in [0.1, 0.15) is 5.75 Å². The molecule has 0 fully saturated rings. The average molecular weight is 440 g/mol. The van der Waals surface area contributed by atoms with Gasteiger partial charge in [0.15, 0.2) is 0 Å². The van der Waals surface area contributed by atoms with Crippen LogP contribution in [0.25, 0.3) is 6.08 Å². The van der Waals surface area contributed by atoms with Crippen molar-refractivity contribution in [1.82, 2.24) is 4.90 Å². The minimum atomic E-state index is 0.0587. The van der Waals surface area contributed by atoms with Crippen LogP contribution in [0.15, 0.2) is 78.9 Å². The summed E-state index contributed by atoms with van der Waals surface area (Å²) in [6.07, 6.45) is 5.75. The first kappa shape index (κ1) is 22.8. The summed E-state index contributed by atoms with van der Waals surface area (Å²) in [5, 5.41) is 0. The van der Waals surface area contributed by atoms with Crippen LogP contribution >= 0.6 is 0 Å². The van der Waals surface area contributed by atoms with Gasteiger partial charge in [-0.15, -0.1) is 0 Å². The van der Waals surface area contributed by atoms with Crippen LogP contribution in [0.5, 0.6) is 5.75 Å². The molecule has 0 saturated carbocycles. The second kappa shape index (κ2) is 10.5. The Morgan fingerprint density at radius 2 is 1.70 bits per heavy atom. The molecular formula is C30H33NO2. The van der Waals surface area contributed by atoms with Crippen molar-refractivity contribution in [3.8, 4) is 5.75 Å². The van der Waals surface area contributed by atoms with E-state index in [1.807, 2.05) is 24.8 Å². The first-order chi connectivity index (χ1) is 16.1. The van der Waals surface area contributed by atoms with Crippen molar-refractivity contribution in [1.29, 1.82) is 0 Å². The van der Waals surface area contributed by atoms with Gasteiger partial charge in [-0.25, -0.2) is 0 Å². The third-order valence-electron chi connectivity index (χ3n) is 6.83. The summed E-state index contributed by atoms with van der Waals surface area (Å²) >= 11 is 0. The van der Waals surface area contributed by atoms with Gasteiger partial charge in [-0.1, -0.05) is 60.7 Å². The van der Waals surface area contributed by atoms with Crippen molar-refractivity contribution in [3.63, 3.8) is 0 Å². The summed E-state index contributed by atoms with van der Waals surface area (Å²) in [7, 11) is 1.73. The number of carbonyl (C=O) groups is 1. The van der Waals surface area contributed by atoms with E-state index in [-0.39, 0.29) is 11.8 Å². The fraction of sp³-hybridized carbons (Fsp3) is 0.300. The number of benzene rings is 3. The number of likely N-dealkylation sites (N-methyl/N-ethyl adjacent to an activating group) is 1. The third kappa shape index (κ3) is 5.03. The predicted molar refractivity (Wildman–Crippen MR) is 136 cm³/mol. The standard InChI is InChI=1S/C30H33NO2/c1-4-31(5-2)29(32)20-13-22-11-14-24(15-12-22)30-27(23-9-7-6-8-10-23)18-16-25-21-26(33-3)17-19-28(25)30/h6-15,17,19-21,27,30H,4-5,16,18H2,1-3H3/t27-,30+/m1/s1. The highest BCUT2D eigenvalue weighted by Crippen LogP contribution is 2.47. The number of hydrogen-bond donors (Lipinski definition) is 0. The Kier molecular flexibility index (Phi) is 7.29. The molecule has 0 spiro atoms. The number of rotatable bonds is 7. The van der Waals surface area contributed by atoms with Crippen LogP contribution in [0.4, 0.5) is 0 Å². The normalized spacial score (nSPS) is 17.5. The summed E-state index contributed by atoms with van der Waals surface area (Å²) in [6, 6.07) is 26.1. The van der Waals surface area contributed by atoms with E-state index in [1.54, 1.807) is 13.2 Å². The molecule has 170 valence electrons. The van der Waals surface area contributed by atoms with Crippen molar-refractivity contribution in [2.45, 2.75) is 38.5 Å². The number of aryl methyl sites for hydroxylation is 1. The Hall–Kier alpha value is -3.33. The Labute approximate surface area is 197 Å². The highest BCUT2D eigenvalue weighted by atomic mass is 16.5. The number of methoxy groups -OCH3 is 1. The molecule has 0 unspecified atom stereocenters. The summed E-state index contributed by atoms with van der Waals surface area (Å²) < 4.78 is 5.49. The Morgan fingerprint density at radius 1 is 0.970 bits per heavy atom. The van der Waals surface area contributed by atoms with Gasteiger partial charge in [0.05, 0.1) is 7.11 Å². The fourth-order valence-corrected chi connectivity index (χ4v) is 5.02. The van der Waals surface area contributed by atoms with Gasteiger partial charge in [0.2, 0.25) is 5.91 Å². The first-order valence-corrected chi connectivity index (χ1v) is 11.9. The van der Waals surface area contributed by atoms with E-state index in [0.717, 1.165) is 37.2 Å². The van der Waals surface area contributed by atoms with E-state index in [9.17, 15) is 4.79 Å². The number of ether oxygens (including phenoxy) is 1. The molecule has 0 radical (unpaired) electrons. The van der Waals surface area contributed by atoms with Gasteiger partial charge >= 0.3 is 0 Å². The van der Waals surface area contributed by atoms with E-state index >= 15 is 0 Å². The van der Waals surface area contributed by atoms with Gasteiger partial charge in [-0.3, -0.25) is 4.79 Å². The van der Waals surface area contributed by atoms with Gasteiger partial charge in [-0.05, 0) is 78.6 Å². The molecule has 0 N–H and O–H groups in total. The molecule has 0 aromatic heterocycles. The lowest BCUT2D eigenvalue weighted by molar-refractivity contribution is -0.125. The fourth-order valence-electron chi connectivity index (χ4n) is 5.02. The van der Waals surface area contributed by atoms with Crippen LogP contribution in [0.2, 0.25) is 0 Å². The minimum absolute atomic E-state index is 0.0587. The van der Waals surface area contributed by atoms with Crippen LogP contribution < -0.4 is 4.74 Å². The summed E-state index contributed by atoms with van der Waals surface area (Å²) in [5.41, 5.74) is 6.50. The highest BCUT2D eigenvalue weighted by Gasteiger charge is 2.32. The SMILES string of the molecule is CCN(CC)C(=O)C=Cc1ccc([C@@H]2c3ccc(OC)cc3CC[C@@H]2c2ccccc2)cc1. The van der Waals surface area contributed by atoms with Crippen molar-refractivity contribution in [2.24, 2.45) is 0 Å². The molecule has 2 atom stereocenters. The molecule has 0 aliphatic heterocycles. The van der Waals surface area contributed by atoms with Gasteiger partial charge in [-0.2, -0.15) is 0 Å². The van der Waals surface area contributed by atoms with Gasteiger partial charge < -0.3 is 9.64 Å². The molecule has 1 aliphatic carbocycles. The number of hydrogen-bond acceptors (Lipinski definition) is 2. The lowest BCUT2D eigenvalue weighted by Gasteiger charge is -2.35. The molecule has 33 heavy (non-hydrogen) atoms. The first-order valence-electron chi connectivity index (χ1n) is 11.9. The molecule has 3 heteroatoms. The largest absolute Gasteiger partial charge is 0.497 e. The van der Waals surface area contributed by atoms with Crippen LogP contribution in [0.1, 0.15) is 59.9 Å². The monoisotopic (exact) mass is 439 g/mol. The molecular weight excluding hydrogens is 406 g/mol. The third-order valence-corrected chi connectivity index (χ3v) is 6.83. The zero-order valence-corrected chi connectivity index (χ0v) is 19.8. The van der Waals surface area contributed by atoms with Crippen molar-refractivity contribution in [3.05, 3.63) is 107 Å². The summed E-state index contributed by atoms with van der Waals surface area (Å²) in [6.45, 7) is 5.46. The molecule has 3 aromatic carbocycles. The molecule has 3 nitrogen and oxygen atoms in total.